The fraction of sp³-hybridized carbons (Fsp3) is 0.500. The highest BCUT2D eigenvalue weighted by Gasteiger charge is 2.36. The van der Waals surface area contributed by atoms with Gasteiger partial charge in [0.15, 0.2) is 0 Å². The summed E-state index contributed by atoms with van der Waals surface area (Å²) in [6.45, 7) is 4.00. The molecule has 2 atom stereocenters. The number of likely N-dealkylation sites (tertiary alicyclic amines) is 1. The molecular weight excluding hydrogens is 280 g/mol. The Morgan fingerprint density at radius 1 is 1.50 bits per heavy atom. The quantitative estimate of drug-likeness (QED) is 0.632. The number of amides is 1. The Hall–Kier alpha value is -1.62. The van der Waals surface area contributed by atoms with Gasteiger partial charge in [0.1, 0.15) is 5.56 Å². The molecule has 1 aliphatic rings. The van der Waals surface area contributed by atoms with Crippen LogP contribution in [0.2, 0.25) is 5.02 Å². The fourth-order valence-electron chi connectivity index (χ4n) is 2.82. The van der Waals surface area contributed by atoms with Gasteiger partial charge < -0.3 is 4.90 Å². The molecule has 1 aliphatic heterocycles. The van der Waals surface area contributed by atoms with Crippen LogP contribution in [-0.4, -0.2) is 27.8 Å². The summed E-state index contributed by atoms with van der Waals surface area (Å²) in [4.78, 5) is 25.0. The van der Waals surface area contributed by atoms with E-state index in [-0.39, 0.29) is 29.2 Å². The highest BCUT2D eigenvalue weighted by molar-refractivity contribution is 6.31. The monoisotopic (exact) mass is 296 g/mol. The predicted octanol–water partition coefficient (Wildman–Crippen LogP) is 3.65. The summed E-state index contributed by atoms with van der Waals surface area (Å²) in [5.74, 6) is -0.295. The first-order valence-electron chi connectivity index (χ1n) is 6.72. The highest BCUT2D eigenvalue weighted by Crippen LogP contribution is 2.31. The molecule has 0 N–H and O–H groups in total. The van der Waals surface area contributed by atoms with E-state index in [9.17, 15) is 14.9 Å². The molecular formula is C14H17ClN2O3. The minimum Gasteiger partial charge on any atom is -0.333 e. The van der Waals surface area contributed by atoms with Crippen molar-refractivity contribution >= 4 is 23.2 Å². The normalized spacial score (nSPS) is 22.1. The third-order valence-electron chi connectivity index (χ3n) is 3.88. The Kier molecular flexibility index (Phi) is 4.28. The van der Waals surface area contributed by atoms with Crippen molar-refractivity contribution in [1.82, 2.24) is 4.90 Å². The lowest BCUT2D eigenvalue weighted by Crippen LogP contribution is -2.39. The van der Waals surface area contributed by atoms with E-state index in [1.165, 1.54) is 18.2 Å². The Labute approximate surface area is 122 Å². The van der Waals surface area contributed by atoms with Crippen LogP contribution in [0.5, 0.6) is 0 Å². The molecule has 5 nitrogen and oxygen atoms in total. The molecule has 1 heterocycles. The number of carbonyl (C=O) groups is 1. The second kappa shape index (κ2) is 5.79. The largest absolute Gasteiger partial charge is 0.333 e. The minimum absolute atomic E-state index is 0.0784. The summed E-state index contributed by atoms with van der Waals surface area (Å²) in [5.41, 5.74) is -0.108. The number of carbonyl (C=O) groups excluding carboxylic acids is 1. The molecule has 0 aromatic heterocycles. The molecule has 20 heavy (non-hydrogen) atoms. The molecule has 1 saturated heterocycles. The molecule has 2 unspecified atom stereocenters. The van der Waals surface area contributed by atoms with E-state index in [1.54, 1.807) is 4.90 Å². The van der Waals surface area contributed by atoms with Gasteiger partial charge in [-0.15, -0.1) is 0 Å². The summed E-state index contributed by atoms with van der Waals surface area (Å²) in [7, 11) is 0. The Morgan fingerprint density at radius 3 is 2.80 bits per heavy atom. The number of nitro groups is 1. The van der Waals surface area contributed by atoms with Crippen molar-refractivity contribution in [2.75, 3.05) is 0 Å². The topological polar surface area (TPSA) is 63.5 Å². The van der Waals surface area contributed by atoms with E-state index in [2.05, 4.69) is 0 Å². The number of nitrogens with zero attached hydrogens (tertiary/aromatic N) is 2. The van der Waals surface area contributed by atoms with Crippen molar-refractivity contribution in [3.05, 3.63) is 38.9 Å². The van der Waals surface area contributed by atoms with Gasteiger partial charge in [-0.05, 0) is 38.3 Å². The average molecular weight is 297 g/mol. The Balaban J connectivity index is 2.42. The number of rotatable bonds is 3. The van der Waals surface area contributed by atoms with Crippen molar-refractivity contribution in [1.29, 1.82) is 0 Å². The van der Waals surface area contributed by atoms with Gasteiger partial charge >= 0.3 is 0 Å². The summed E-state index contributed by atoms with van der Waals surface area (Å²) < 4.78 is 0. The second-order valence-corrected chi connectivity index (χ2v) is 5.56. The standard InChI is InChI=1S/C14H17ClN2O3/c1-3-11-6-4-9(2)16(11)14(18)12-8-10(15)5-7-13(12)17(19)20/h5,7-9,11H,3-4,6H2,1-2H3. The number of halogens is 1. The van der Waals surface area contributed by atoms with E-state index in [0.29, 0.717) is 5.02 Å². The van der Waals surface area contributed by atoms with Crippen LogP contribution in [-0.2, 0) is 0 Å². The molecule has 1 fully saturated rings. The van der Waals surface area contributed by atoms with Gasteiger partial charge in [-0.1, -0.05) is 18.5 Å². The van der Waals surface area contributed by atoms with E-state index >= 15 is 0 Å². The molecule has 1 amide bonds. The van der Waals surface area contributed by atoms with Crippen molar-refractivity contribution in [2.45, 2.75) is 45.2 Å². The lowest BCUT2D eigenvalue weighted by Gasteiger charge is -2.28. The maximum Gasteiger partial charge on any atom is 0.282 e. The van der Waals surface area contributed by atoms with E-state index in [4.69, 9.17) is 11.6 Å². The van der Waals surface area contributed by atoms with Crippen LogP contribution in [0, 0.1) is 10.1 Å². The number of hydrogen-bond donors (Lipinski definition) is 0. The maximum absolute atomic E-state index is 12.7. The lowest BCUT2D eigenvalue weighted by atomic mass is 10.1. The van der Waals surface area contributed by atoms with Crippen LogP contribution in [0.25, 0.3) is 0 Å². The molecule has 108 valence electrons. The van der Waals surface area contributed by atoms with E-state index in [1.807, 2.05) is 13.8 Å². The average Bonchev–Trinajstić information content (AvgIpc) is 2.78. The van der Waals surface area contributed by atoms with Crippen LogP contribution < -0.4 is 0 Å². The minimum atomic E-state index is -0.536. The van der Waals surface area contributed by atoms with Crippen LogP contribution in [0.15, 0.2) is 18.2 Å². The highest BCUT2D eigenvalue weighted by atomic mass is 35.5. The molecule has 1 aromatic carbocycles. The summed E-state index contributed by atoms with van der Waals surface area (Å²) in [6.07, 6.45) is 2.72. The number of benzene rings is 1. The van der Waals surface area contributed by atoms with Gasteiger partial charge in [-0.25, -0.2) is 0 Å². The van der Waals surface area contributed by atoms with Crippen molar-refractivity contribution in [3.63, 3.8) is 0 Å². The summed E-state index contributed by atoms with van der Waals surface area (Å²) in [5, 5.41) is 11.4. The van der Waals surface area contributed by atoms with Crippen LogP contribution in [0.4, 0.5) is 5.69 Å². The molecule has 1 aromatic rings. The SMILES string of the molecule is CCC1CCC(C)N1C(=O)c1cc(Cl)ccc1[N+](=O)[O-]. The van der Waals surface area contributed by atoms with Gasteiger partial charge in [0, 0.05) is 23.2 Å². The first-order chi connectivity index (χ1) is 9.45. The van der Waals surface area contributed by atoms with Crippen LogP contribution in [0.3, 0.4) is 0 Å². The van der Waals surface area contributed by atoms with Crippen LogP contribution in [0.1, 0.15) is 43.5 Å². The second-order valence-electron chi connectivity index (χ2n) is 5.12. The van der Waals surface area contributed by atoms with Gasteiger partial charge in [-0.2, -0.15) is 0 Å². The zero-order chi connectivity index (χ0) is 14.9. The smallest absolute Gasteiger partial charge is 0.282 e. The van der Waals surface area contributed by atoms with Crippen LogP contribution >= 0.6 is 11.6 Å². The Morgan fingerprint density at radius 2 is 2.20 bits per heavy atom. The number of hydrogen-bond acceptors (Lipinski definition) is 3. The third-order valence-corrected chi connectivity index (χ3v) is 4.11. The molecule has 0 spiro atoms. The van der Waals surface area contributed by atoms with Gasteiger partial charge in [0.25, 0.3) is 11.6 Å². The lowest BCUT2D eigenvalue weighted by molar-refractivity contribution is -0.385. The number of nitro benzene ring substituents is 1. The first-order valence-corrected chi connectivity index (χ1v) is 7.10. The Bertz CT molecular complexity index is 547. The van der Waals surface area contributed by atoms with Crippen molar-refractivity contribution < 1.29 is 9.72 Å². The summed E-state index contributed by atoms with van der Waals surface area (Å²) in [6, 6.07) is 4.36. The maximum atomic E-state index is 12.7. The third kappa shape index (κ3) is 2.63. The predicted molar refractivity (Wildman–Crippen MR) is 77.1 cm³/mol. The zero-order valence-corrected chi connectivity index (χ0v) is 12.3. The molecule has 0 aliphatic carbocycles. The summed E-state index contributed by atoms with van der Waals surface area (Å²) >= 11 is 5.89. The first kappa shape index (κ1) is 14.8. The molecule has 0 bridgehead atoms. The van der Waals surface area contributed by atoms with Crippen molar-refractivity contribution in [3.8, 4) is 0 Å². The molecule has 6 heteroatoms. The van der Waals surface area contributed by atoms with E-state index < -0.39 is 4.92 Å². The van der Waals surface area contributed by atoms with Gasteiger partial charge in [0.05, 0.1) is 4.92 Å². The molecule has 0 radical (unpaired) electrons. The molecule has 2 rings (SSSR count). The van der Waals surface area contributed by atoms with Gasteiger partial charge in [0.2, 0.25) is 0 Å². The fourth-order valence-corrected chi connectivity index (χ4v) is 2.99. The van der Waals surface area contributed by atoms with Crippen molar-refractivity contribution in [2.24, 2.45) is 0 Å². The van der Waals surface area contributed by atoms with E-state index in [0.717, 1.165) is 19.3 Å². The van der Waals surface area contributed by atoms with Gasteiger partial charge in [-0.3, -0.25) is 14.9 Å². The molecule has 0 saturated carbocycles. The zero-order valence-electron chi connectivity index (χ0n) is 11.5.